The molecule has 3 aromatic rings. The molecule has 0 aliphatic carbocycles. The number of carbonyl (C=O) groups is 1. The Hall–Kier alpha value is -3.12. The van der Waals surface area contributed by atoms with Crippen LogP contribution in [0.4, 0.5) is 0 Å². The van der Waals surface area contributed by atoms with Crippen LogP contribution in [-0.4, -0.2) is 58.3 Å². The average Bonchev–Trinajstić information content (AvgIpc) is 3.30. The molecule has 1 unspecified atom stereocenters. The second-order valence-corrected chi connectivity index (χ2v) is 9.24. The Balaban J connectivity index is 1.41. The second kappa shape index (κ2) is 11.3. The first-order valence-corrected chi connectivity index (χ1v) is 12.3. The summed E-state index contributed by atoms with van der Waals surface area (Å²) in [7, 11) is 3.79. The van der Waals surface area contributed by atoms with Crippen molar-refractivity contribution in [3.8, 4) is 5.75 Å². The van der Waals surface area contributed by atoms with E-state index in [0.717, 1.165) is 44.6 Å². The molecule has 0 radical (unpaired) electrons. The Morgan fingerprint density at radius 2 is 1.76 bits per heavy atom. The van der Waals surface area contributed by atoms with Gasteiger partial charge in [0.15, 0.2) is 0 Å². The van der Waals surface area contributed by atoms with E-state index in [1.54, 1.807) is 10.7 Å². The highest BCUT2D eigenvalue weighted by molar-refractivity contribution is 5.92. The number of ether oxygens (including phenoxy) is 1. The van der Waals surface area contributed by atoms with Gasteiger partial charge in [-0.1, -0.05) is 42.5 Å². The molecule has 0 spiro atoms. The van der Waals surface area contributed by atoms with Crippen molar-refractivity contribution in [2.45, 2.75) is 38.8 Å². The van der Waals surface area contributed by atoms with Crippen LogP contribution in [0.3, 0.4) is 0 Å². The molecule has 2 heterocycles. The maximum atomic E-state index is 13.2. The fourth-order valence-corrected chi connectivity index (χ4v) is 4.95. The zero-order valence-corrected chi connectivity index (χ0v) is 20.6. The van der Waals surface area contributed by atoms with Crippen LogP contribution in [0.25, 0.3) is 0 Å². The molecule has 1 atom stereocenters. The number of likely N-dealkylation sites (N-methyl/N-ethyl adjacent to an activating group) is 1. The van der Waals surface area contributed by atoms with E-state index in [-0.39, 0.29) is 11.9 Å². The predicted molar refractivity (Wildman–Crippen MR) is 135 cm³/mol. The van der Waals surface area contributed by atoms with E-state index in [4.69, 9.17) is 4.74 Å². The summed E-state index contributed by atoms with van der Waals surface area (Å²) >= 11 is 0. The summed E-state index contributed by atoms with van der Waals surface area (Å²) in [4.78, 5) is 17.7. The van der Waals surface area contributed by atoms with Crippen molar-refractivity contribution in [2.75, 3.05) is 26.7 Å². The third-order valence-corrected chi connectivity index (χ3v) is 6.86. The van der Waals surface area contributed by atoms with E-state index in [2.05, 4.69) is 58.5 Å². The van der Waals surface area contributed by atoms with E-state index in [0.29, 0.717) is 18.2 Å². The van der Waals surface area contributed by atoms with Crippen molar-refractivity contribution >= 4 is 5.91 Å². The normalized spacial score (nSPS) is 15.7. The number of nitrogens with zero attached hydrogens (tertiary/aromatic N) is 4. The van der Waals surface area contributed by atoms with Gasteiger partial charge in [-0.25, -0.2) is 0 Å². The molecule has 0 saturated carbocycles. The van der Waals surface area contributed by atoms with Crippen LogP contribution < -0.4 is 4.74 Å². The molecule has 2 aromatic carbocycles. The van der Waals surface area contributed by atoms with E-state index < -0.39 is 0 Å². The lowest BCUT2D eigenvalue weighted by Gasteiger charge is -2.40. The highest BCUT2D eigenvalue weighted by Crippen LogP contribution is 2.28. The SMILES string of the molecule is CCOc1ccc(CN2CCC(C(Cc3ccccc3)N(C)C(=O)c3ccn(C)n3)CC2)cc1. The molecule has 1 aliphatic rings. The Kier molecular flexibility index (Phi) is 8.01. The van der Waals surface area contributed by atoms with E-state index in [9.17, 15) is 4.79 Å². The Bertz CT molecular complexity index is 1040. The fourth-order valence-electron chi connectivity index (χ4n) is 4.95. The highest BCUT2D eigenvalue weighted by Gasteiger charge is 2.32. The van der Waals surface area contributed by atoms with Gasteiger partial charge in [0.1, 0.15) is 11.4 Å². The number of likely N-dealkylation sites (tertiary alicyclic amines) is 1. The first-order chi connectivity index (χ1) is 16.5. The van der Waals surface area contributed by atoms with Gasteiger partial charge in [-0.15, -0.1) is 0 Å². The maximum absolute atomic E-state index is 13.2. The molecular weight excluding hydrogens is 424 g/mol. The van der Waals surface area contributed by atoms with Gasteiger partial charge < -0.3 is 9.64 Å². The van der Waals surface area contributed by atoms with Crippen LogP contribution in [0.2, 0.25) is 0 Å². The molecule has 1 aromatic heterocycles. The molecule has 180 valence electrons. The number of benzene rings is 2. The first-order valence-electron chi connectivity index (χ1n) is 12.3. The van der Waals surface area contributed by atoms with Gasteiger partial charge in [-0.3, -0.25) is 14.4 Å². The van der Waals surface area contributed by atoms with Gasteiger partial charge in [-0.2, -0.15) is 5.10 Å². The minimum Gasteiger partial charge on any atom is -0.494 e. The van der Waals surface area contributed by atoms with Crippen molar-refractivity contribution in [2.24, 2.45) is 13.0 Å². The standard InChI is InChI=1S/C28H36N4O2/c1-4-34-25-12-10-23(11-13-25)21-32-18-14-24(15-19-32)27(20-22-8-6-5-7-9-22)31(3)28(33)26-16-17-30(2)29-26/h5-13,16-17,24,27H,4,14-15,18-21H2,1-3H3. The average molecular weight is 461 g/mol. The molecule has 6 heteroatoms. The number of aromatic nitrogens is 2. The lowest BCUT2D eigenvalue weighted by Crippen LogP contribution is -2.47. The summed E-state index contributed by atoms with van der Waals surface area (Å²) in [5.74, 6) is 1.38. The number of piperidine rings is 1. The zero-order chi connectivity index (χ0) is 23.9. The smallest absolute Gasteiger partial charge is 0.274 e. The van der Waals surface area contributed by atoms with Crippen LogP contribution in [-0.2, 0) is 20.0 Å². The molecule has 1 saturated heterocycles. The number of hydrogen-bond donors (Lipinski definition) is 0. The molecule has 4 rings (SSSR count). The monoisotopic (exact) mass is 460 g/mol. The number of rotatable bonds is 9. The largest absolute Gasteiger partial charge is 0.494 e. The number of amides is 1. The molecule has 0 bridgehead atoms. The van der Waals surface area contributed by atoms with Crippen LogP contribution in [0, 0.1) is 5.92 Å². The van der Waals surface area contributed by atoms with E-state index >= 15 is 0 Å². The van der Waals surface area contributed by atoms with Crippen molar-refractivity contribution in [1.29, 1.82) is 0 Å². The summed E-state index contributed by atoms with van der Waals surface area (Å²) in [5.41, 5.74) is 3.09. The number of aryl methyl sites for hydroxylation is 1. The summed E-state index contributed by atoms with van der Waals surface area (Å²) in [6, 6.07) is 20.9. The highest BCUT2D eigenvalue weighted by atomic mass is 16.5. The Morgan fingerprint density at radius 3 is 2.38 bits per heavy atom. The minimum atomic E-state index is -0.00153. The van der Waals surface area contributed by atoms with Crippen molar-refractivity contribution in [3.05, 3.63) is 83.7 Å². The van der Waals surface area contributed by atoms with Gasteiger partial charge in [0, 0.05) is 32.9 Å². The topological polar surface area (TPSA) is 50.6 Å². The lowest BCUT2D eigenvalue weighted by molar-refractivity contribution is 0.0579. The maximum Gasteiger partial charge on any atom is 0.274 e. The quantitative estimate of drug-likeness (QED) is 0.475. The van der Waals surface area contributed by atoms with Crippen LogP contribution in [0.15, 0.2) is 66.9 Å². The van der Waals surface area contributed by atoms with Crippen molar-refractivity contribution in [3.63, 3.8) is 0 Å². The van der Waals surface area contributed by atoms with Crippen LogP contribution in [0.5, 0.6) is 5.75 Å². The molecule has 1 amide bonds. The summed E-state index contributed by atoms with van der Waals surface area (Å²) in [6.07, 6.45) is 4.84. The molecule has 0 N–H and O–H groups in total. The van der Waals surface area contributed by atoms with Crippen LogP contribution >= 0.6 is 0 Å². The Morgan fingerprint density at radius 1 is 1.06 bits per heavy atom. The lowest BCUT2D eigenvalue weighted by atomic mass is 9.84. The van der Waals surface area contributed by atoms with Gasteiger partial charge in [0.05, 0.1) is 6.61 Å². The van der Waals surface area contributed by atoms with Gasteiger partial charge in [-0.05, 0) is 74.5 Å². The van der Waals surface area contributed by atoms with Crippen molar-refractivity contribution < 1.29 is 9.53 Å². The molecule has 1 aliphatic heterocycles. The summed E-state index contributed by atoms with van der Waals surface area (Å²) in [6.45, 7) is 5.72. The molecule has 6 nitrogen and oxygen atoms in total. The molecule has 34 heavy (non-hydrogen) atoms. The minimum absolute atomic E-state index is 0.00153. The second-order valence-electron chi connectivity index (χ2n) is 9.24. The molecular formula is C28H36N4O2. The van der Waals surface area contributed by atoms with Crippen LogP contribution in [0.1, 0.15) is 41.4 Å². The number of carbonyl (C=O) groups excluding carboxylic acids is 1. The van der Waals surface area contributed by atoms with Gasteiger partial charge in [0.25, 0.3) is 5.91 Å². The van der Waals surface area contributed by atoms with E-state index in [1.807, 2.05) is 38.2 Å². The number of hydrogen-bond acceptors (Lipinski definition) is 4. The third-order valence-electron chi connectivity index (χ3n) is 6.86. The Labute approximate surface area is 203 Å². The van der Waals surface area contributed by atoms with Crippen molar-refractivity contribution in [1.82, 2.24) is 19.6 Å². The zero-order valence-electron chi connectivity index (χ0n) is 20.6. The predicted octanol–water partition coefficient (Wildman–Crippen LogP) is 4.41. The first kappa shape index (κ1) is 24.0. The molecule has 1 fully saturated rings. The third kappa shape index (κ3) is 6.06. The van der Waals surface area contributed by atoms with E-state index in [1.165, 1.54) is 11.1 Å². The van der Waals surface area contributed by atoms with Gasteiger partial charge in [0.2, 0.25) is 0 Å². The van der Waals surface area contributed by atoms with Gasteiger partial charge >= 0.3 is 0 Å². The summed E-state index contributed by atoms with van der Waals surface area (Å²) < 4.78 is 7.25. The summed E-state index contributed by atoms with van der Waals surface area (Å²) in [5, 5.41) is 4.35. The fraction of sp³-hybridized carbons (Fsp3) is 0.429.